The molecule has 1 heterocycles. The molecule has 0 bridgehead atoms. The zero-order valence-corrected chi connectivity index (χ0v) is 11.3. The van der Waals surface area contributed by atoms with Crippen LogP contribution in [0.4, 0.5) is 0 Å². The van der Waals surface area contributed by atoms with Crippen LogP contribution in [0.15, 0.2) is 12.3 Å². The molecule has 1 aromatic rings. The third-order valence-corrected chi connectivity index (χ3v) is 3.54. The first kappa shape index (κ1) is 13.6. The number of nitrogens with zero attached hydrogens (tertiary/aromatic N) is 2. The van der Waals surface area contributed by atoms with Crippen molar-refractivity contribution < 1.29 is 9.47 Å². The molecule has 0 amide bonds. The van der Waals surface area contributed by atoms with Crippen molar-refractivity contribution in [3.63, 3.8) is 0 Å². The van der Waals surface area contributed by atoms with Gasteiger partial charge in [0.15, 0.2) is 11.4 Å². The van der Waals surface area contributed by atoms with E-state index in [0.717, 1.165) is 25.7 Å². The highest BCUT2D eigenvalue weighted by Gasteiger charge is 2.21. The summed E-state index contributed by atoms with van der Waals surface area (Å²) in [5.41, 5.74) is 0.286. The van der Waals surface area contributed by atoms with E-state index in [1.165, 1.54) is 7.11 Å². The molecule has 0 atom stereocenters. The molecule has 0 aromatic carbocycles. The summed E-state index contributed by atoms with van der Waals surface area (Å²) in [6.07, 6.45) is 6.14. The fraction of sp³-hybridized carbons (Fsp3) is 0.571. The van der Waals surface area contributed by atoms with Crippen LogP contribution in [0, 0.1) is 11.3 Å². The molecular weight excluding hydrogens is 242 g/mol. The number of aromatic nitrogens is 1. The second-order valence-corrected chi connectivity index (χ2v) is 4.71. The molecule has 1 aliphatic rings. The fourth-order valence-corrected chi connectivity index (χ4v) is 2.39. The third-order valence-electron chi connectivity index (χ3n) is 3.54. The molecule has 1 N–H and O–H groups in total. The topological polar surface area (TPSA) is 67.2 Å². The van der Waals surface area contributed by atoms with Crippen molar-refractivity contribution in [1.29, 1.82) is 5.26 Å². The van der Waals surface area contributed by atoms with Crippen LogP contribution in [-0.4, -0.2) is 31.3 Å². The maximum absolute atomic E-state index is 8.88. The number of rotatable bonds is 4. The lowest BCUT2D eigenvalue weighted by molar-refractivity contribution is 0.140. The van der Waals surface area contributed by atoms with Crippen LogP contribution in [-0.2, 0) is 0 Å². The largest absolute Gasteiger partial charge is 0.494 e. The molecule has 19 heavy (non-hydrogen) atoms. The zero-order chi connectivity index (χ0) is 13.7. The quantitative estimate of drug-likeness (QED) is 0.896. The van der Waals surface area contributed by atoms with Crippen molar-refractivity contribution in [1.82, 2.24) is 10.3 Å². The summed E-state index contributed by atoms with van der Waals surface area (Å²) < 4.78 is 11.0. The van der Waals surface area contributed by atoms with Gasteiger partial charge >= 0.3 is 0 Å². The number of nitrogens with one attached hydrogen (secondary N) is 1. The smallest absolute Gasteiger partial charge is 0.182 e. The molecule has 1 aliphatic carbocycles. The Hall–Kier alpha value is -1.80. The van der Waals surface area contributed by atoms with Gasteiger partial charge < -0.3 is 14.8 Å². The molecule has 5 heteroatoms. The van der Waals surface area contributed by atoms with E-state index in [2.05, 4.69) is 10.3 Å². The van der Waals surface area contributed by atoms with Gasteiger partial charge in [-0.3, -0.25) is 0 Å². The minimum atomic E-state index is 0.226. The molecule has 0 radical (unpaired) electrons. The zero-order valence-electron chi connectivity index (χ0n) is 11.3. The number of ether oxygens (including phenoxy) is 2. The van der Waals surface area contributed by atoms with Crippen molar-refractivity contribution in [2.24, 2.45) is 0 Å². The monoisotopic (exact) mass is 261 g/mol. The van der Waals surface area contributed by atoms with Crippen LogP contribution < -0.4 is 14.8 Å². The Morgan fingerprint density at radius 3 is 2.68 bits per heavy atom. The summed E-state index contributed by atoms with van der Waals surface area (Å²) in [7, 11) is 3.53. The summed E-state index contributed by atoms with van der Waals surface area (Å²) >= 11 is 0. The van der Waals surface area contributed by atoms with Crippen molar-refractivity contribution in [2.45, 2.75) is 37.8 Å². The summed E-state index contributed by atoms with van der Waals surface area (Å²) in [5, 5.41) is 12.2. The van der Waals surface area contributed by atoms with Crippen molar-refractivity contribution in [3.05, 3.63) is 18.0 Å². The van der Waals surface area contributed by atoms with Gasteiger partial charge in [0.1, 0.15) is 11.8 Å². The molecule has 1 fully saturated rings. The highest BCUT2D eigenvalue weighted by molar-refractivity contribution is 5.41. The lowest BCUT2D eigenvalue weighted by Crippen LogP contribution is -2.34. The number of hydrogen-bond acceptors (Lipinski definition) is 5. The molecule has 1 aromatic heterocycles. The predicted octanol–water partition coefficient (Wildman–Crippen LogP) is 1.87. The SMILES string of the molecule is CNC1CCC(Oc2cnc(C#N)c(OC)c2)CC1. The van der Waals surface area contributed by atoms with E-state index in [4.69, 9.17) is 14.7 Å². The Labute approximate surface area is 113 Å². The van der Waals surface area contributed by atoms with Gasteiger partial charge in [0.05, 0.1) is 19.4 Å². The van der Waals surface area contributed by atoms with E-state index in [1.54, 1.807) is 12.3 Å². The van der Waals surface area contributed by atoms with Gasteiger partial charge in [-0.05, 0) is 32.7 Å². The first-order chi connectivity index (χ1) is 9.26. The minimum absolute atomic E-state index is 0.226. The Morgan fingerprint density at radius 2 is 2.11 bits per heavy atom. The highest BCUT2D eigenvalue weighted by atomic mass is 16.5. The average molecular weight is 261 g/mol. The third kappa shape index (κ3) is 3.36. The first-order valence-electron chi connectivity index (χ1n) is 6.55. The van der Waals surface area contributed by atoms with Crippen LogP contribution in [0.2, 0.25) is 0 Å². The minimum Gasteiger partial charge on any atom is -0.494 e. The van der Waals surface area contributed by atoms with Crippen LogP contribution in [0.1, 0.15) is 31.4 Å². The maximum Gasteiger partial charge on any atom is 0.182 e. The molecule has 5 nitrogen and oxygen atoms in total. The van der Waals surface area contributed by atoms with E-state index >= 15 is 0 Å². The lowest BCUT2D eigenvalue weighted by Gasteiger charge is -2.28. The van der Waals surface area contributed by atoms with Gasteiger partial charge in [-0.1, -0.05) is 0 Å². The average Bonchev–Trinajstić information content (AvgIpc) is 2.48. The standard InChI is InChI=1S/C14H19N3O2/c1-16-10-3-5-11(6-4-10)19-12-7-14(18-2)13(8-15)17-9-12/h7,9-11,16H,3-6H2,1-2H3. The van der Waals surface area contributed by atoms with Gasteiger partial charge in [0, 0.05) is 12.1 Å². The Balaban J connectivity index is 1.98. The number of methoxy groups -OCH3 is 1. The molecule has 102 valence electrons. The molecular formula is C14H19N3O2. The normalized spacial score (nSPS) is 22.6. The van der Waals surface area contributed by atoms with Crippen LogP contribution in [0.3, 0.4) is 0 Å². The lowest BCUT2D eigenvalue weighted by atomic mass is 9.93. The van der Waals surface area contributed by atoms with Crippen molar-refractivity contribution in [3.8, 4) is 17.6 Å². The Bertz CT molecular complexity index is 462. The number of hydrogen-bond donors (Lipinski definition) is 1. The molecule has 0 spiro atoms. The van der Waals surface area contributed by atoms with Crippen LogP contribution >= 0.6 is 0 Å². The summed E-state index contributed by atoms with van der Waals surface area (Å²) in [6.45, 7) is 0. The summed E-state index contributed by atoms with van der Waals surface area (Å²) in [5.74, 6) is 1.13. The van der Waals surface area contributed by atoms with Crippen LogP contribution in [0.5, 0.6) is 11.5 Å². The second-order valence-electron chi connectivity index (χ2n) is 4.71. The molecule has 0 unspecified atom stereocenters. The van der Waals surface area contributed by atoms with E-state index in [0.29, 0.717) is 17.5 Å². The van der Waals surface area contributed by atoms with Gasteiger partial charge in [-0.2, -0.15) is 5.26 Å². The molecule has 2 rings (SSSR count). The van der Waals surface area contributed by atoms with E-state index < -0.39 is 0 Å². The van der Waals surface area contributed by atoms with E-state index in [-0.39, 0.29) is 11.8 Å². The number of pyridine rings is 1. The van der Waals surface area contributed by atoms with Gasteiger partial charge in [-0.25, -0.2) is 4.98 Å². The molecule has 1 saturated carbocycles. The van der Waals surface area contributed by atoms with Gasteiger partial charge in [0.2, 0.25) is 0 Å². The number of nitriles is 1. The maximum atomic E-state index is 8.88. The van der Waals surface area contributed by atoms with E-state index in [9.17, 15) is 0 Å². The Morgan fingerprint density at radius 1 is 1.37 bits per heavy atom. The van der Waals surface area contributed by atoms with Gasteiger partial charge in [0.25, 0.3) is 0 Å². The Kier molecular flexibility index (Phi) is 4.58. The second kappa shape index (κ2) is 6.39. The summed E-state index contributed by atoms with van der Waals surface area (Å²) in [4.78, 5) is 4.04. The predicted molar refractivity (Wildman–Crippen MR) is 71.2 cm³/mol. The molecule has 0 aliphatic heterocycles. The van der Waals surface area contributed by atoms with Gasteiger partial charge in [-0.15, -0.1) is 0 Å². The van der Waals surface area contributed by atoms with Crippen molar-refractivity contribution >= 4 is 0 Å². The molecule has 0 saturated heterocycles. The van der Waals surface area contributed by atoms with Crippen molar-refractivity contribution in [2.75, 3.05) is 14.2 Å². The summed E-state index contributed by atoms with van der Waals surface area (Å²) in [6, 6.07) is 4.33. The fourth-order valence-electron chi connectivity index (χ4n) is 2.39. The van der Waals surface area contributed by atoms with E-state index in [1.807, 2.05) is 13.1 Å². The van der Waals surface area contributed by atoms with Crippen LogP contribution in [0.25, 0.3) is 0 Å². The highest BCUT2D eigenvalue weighted by Crippen LogP contribution is 2.26. The first-order valence-corrected chi connectivity index (χ1v) is 6.55.